The van der Waals surface area contributed by atoms with Crippen LogP contribution in [0.15, 0.2) is 0 Å². The average Bonchev–Trinajstić information content (AvgIpc) is 2.35. The van der Waals surface area contributed by atoms with Gasteiger partial charge in [-0.3, -0.25) is 0 Å². The first-order valence-corrected chi connectivity index (χ1v) is 7.59. The van der Waals surface area contributed by atoms with E-state index in [0.29, 0.717) is 5.92 Å². The van der Waals surface area contributed by atoms with E-state index in [-0.39, 0.29) is 0 Å². The van der Waals surface area contributed by atoms with Crippen LogP contribution < -0.4 is 0 Å². The van der Waals surface area contributed by atoms with E-state index in [9.17, 15) is 0 Å². The molecule has 0 aliphatic rings. The van der Waals surface area contributed by atoms with Crippen molar-refractivity contribution in [1.29, 1.82) is 5.41 Å². The quantitative estimate of drug-likeness (QED) is 0.484. The minimum atomic E-state index is 0.506. The van der Waals surface area contributed by atoms with Crippen LogP contribution in [0.4, 0.5) is 0 Å². The average molecular weight is 239 g/mol. The molecule has 0 bridgehead atoms. The van der Waals surface area contributed by atoms with Crippen LogP contribution in [-0.4, -0.2) is 6.21 Å². The molecule has 0 radical (unpaired) electrons. The summed E-state index contributed by atoms with van der Waals surface area (Å²) in [5, 5.41) is 7.51. The highest BCUT2D eigenvalue weighted by molar-refractivity contribution is 5.57. The molecule has 0 aliphatic heterocycles. The van der Waals surface area contributed by atoms with Crippen molar-refractivity contribution < 1.29 is 0 Å². The maximum Gasteiger partial charge on any atom is -0.00141 e. The largest absolute Gasteiger partial charge is 0.313 e. The molecule has 0 aromatic heterocycles. The monoisotopic (exact) mass is 239 g/mol. The maximum atomic E-state index is 7.51. The Labute approximate surface area is 109 Å². The van der Waals surface area contributed by atoms with Crippen LogP contribution in [0.5, 0.6) is 0 Å². The van der Waals surface area contributed by atoms with Gasteiger partial charge in [-0.2, -0.15) is 0 Å². The first kappa shape index (κ1) is 16.7. The third-order valence-corrected chi connectivity index (χ3v) is 4.37. The normalized spacial score (nSPS) is 18.4. The van der Waals surface area contributed by atoms with Crippen LogP contribution in [0.1, 0.15) is 73.1 Å². The zero-order chi connectivity index (χ0) is 13.3. The standard InChI is InChI=1S/C16H33N/c1-6-13(4)9-10-14(5)11-15(7-2)16(8-3)12-17/h12-17H,6-11H2,1-5H3. The van der Waals surface area contributed by atoms with Crippen LogP contribution >= 0.6 is 0 Å². The number of hydrogen-bond donors (Lipinski definition) is 1. The summed E-state index contributed by atoms with van der Waals surface area (Å²) in [5.74, 6) is 2.93. The van der Waals surface area contributed by atoms with Crippen LogP contribution in [0.2, 0.25) is 0 Å². The Kier molecular flexibility index (Phi) is 9.49. The van der Waals surface area contributed by atoms with Crippen molar-refractivity contribution in [2.75, 3.05) is 0 Å². The van der Waals surface area contributed by atoms with E-state index in [1.807, 2.05) is 0 Å². The Balaban J connectivity index is 4.05. The third kappa shape index (κ3) is 6.85. The van der Waals surface area contributed by atoms with Gasteiger partial charge in [0.15, 0.2) is 0 Å². The highest BCUT2D eigenvalue weighted by Crippen LogP contribution is 2.28. The van der Waals surface area contributed by atoms with Gasteiger partial charge in [-0.1, -0.05) is 60.3 Å². The number of rotatable bonds is 10. The van der Waals surface area contributed by atoms with Gasteiger partial charge in [0.2, 0.25) is 0 Å². The molecule has 0 saturated heterocycles. The Morgan fingerprint density at radius 2 is 1.47 bits per heavy atom. The van der Waals surface area contributed by atoms with Gasteiger partial charge >= 0.3 is 0 Å². The van der Waals surface area contributed by atoms with E-state index in [1.54, 1.807) is 6.21 Å². The van der Waals surface area contributed by atoms with Crippen molar-refractivity contribution in [2.45, 2.75) is 73.1 Å². The topological polar surface area (TPSA) is 23.9 Å². The van der Waals surface area contributed by atoms with E-state index in [0.717, 1.165) is 24.2 Å². The van der Waals surface area contributed by atoms with Gasteiger partial charge in [0, 0.05) is 0 Å². The summed E-state index contributed by atoms with van der Waals surface area (Å²) in [6, 6.07) is 0. The summed E-state index contributed by atoms with van der Waals surface area (Å²) in [5.41, 5.74) is 0. The Morgan fingerprint density at radius 3 is 1.88 bits per heavy atom. The lowest BCUT2D eigenvalue weighted by molar-refractivity contribution is 0.294. The number of hydrogen-bond acceptors (Lipinski definition) is 1. The second-order valence-corrected chi connectivity index (χ2v) is 5.84. The zero-order valence-corrected chi connectivity index (χ0v) is 12.6. The van der Waals surface area contributed by atoms with E-state index in [1.165, 1.54) is 32.1 Å². The van der Waals surface area contributed by atoms with Crippen molar-refractivity contribution in [2.24, 2.45) is 23.7 Å². The first-order chi connectivity index (χ1) is 8.08. The summed E-state index contributed by atoms with van der Waals surface area (Å²) < 4.78 is 0. The highest BCUT2D eigenvalue weighted by atomic mass is 14.4. The van der Waals surface area contributed by atoms with Crippen LogP contribution in [0.25, 0.3) is 0 Å². The summed E-state index contributed by atoms with van der Waals surface area (Å²) in [6.45, 7) is 11.5. The van der Waals surface area contributed by atoms with Gasteiger partial charge in [-0.15, -0.1) is 0 Å². The van der Waals surface area contributed by atoms with E-state index >= 15 is 0 Å². The molecule has 0 fully saturated rings. The highest BCUT2D eigenvalue weighted by Gasteiger charge is 2.19. The van der Waals surface area contributed by atoms with Gasteiger partial charge in [0.1, 0.15) is 0 Å². The minimum Gasteiger partial charge on any atom is -0.313 e. The molecular formula is C16H33N. The molecule has 0 saturated carbocycles. The smallest absolute Gasteiger partial charge is 0.00141 e. The molecule has 0 rings (SSSR count). The lowest BCUT2D eigenvalue weighted by Crippen LogP contribution is -2.17. The predicted molar refractivity (Wildman–Crippen MR) is 78.8 cm³/mol. The fourth-order valence-corrected chi connectivity index (χ4v) is 2.64. The van der Waals surface area contributed by atoms with Crippen LogP contribution in [-0.2, 0) is 0 Å². The predicted octanol–water partition coefficient (Wildman–Crippen LogP) is 5.54. The van der Waals surface area contributed by atoms with Gasteiger partial charge in [0.05, 0.1) is 0 Å². The van der Waals surface area contributed by atoms with Crippen molar-refractivity contribution in [3.05, 3.63) is 0 Å². The van der Waals surface area contributed by atoms with Crippen molar-refractivity contribution >= 4 is 6.21 Å². The third-order valence-electron chi connectivity index (χ3n) is 4.37. The molecule has 0 aromatic rings. The zero-order valence-electron chi connectivity index (χ0n) is 12.6. The molecule has 102 valence electrons. The molecule has 17 heavy (non-hydrogen) atoms. The molecule has 1 nitrogen and oxygen atoms in total. The second kappa shape index (κ2) is 9.67. The van der Waals surface area contributed by atoms with E-state index in [2.05, 4.69) is 34.6 Å². The van der Waals surface area contributed by atoms with Crippen LogP contribution in [0.3, 0.4) is 0 Å². The van der Waals surface area contributed by atoms with Gasteiger partial charge in [-0.25, -0.2) is 0 Å². The van der Waals surface area contributed by atoms with Crippen molar-refractivity contribution in [1.82, 2.24) is 0 Å². The van der Waals surface area contributed by atoms with E-state index in [4.69, 9.17) is 5.41 Å². The van der Waals surface area contributed by atoms with Gasteiger partial charge < -0.3 is 5.41 Å². The summed E-state index contributed by atoms with van der Waals surface area (Å²) in [4.78, 5) is 0. The molecule has 0 spiro atoms. The molecular weight excluding hydrogens is 206 g/mol. The molecule has 4 atom stereocenters. The second-order valence-electron chi connectivity index (χ2n) is 5.84. The molecule has 1 heteroatoms. The van der Waals surface area contributed by atoms with Gasteiger partial charge in [0.25, 0.3) is 0 Å². The maximum absolute atomic E-state index is 7.51. The Hall–Kier alpha value is -0.330. The fraction of sp³-hybridized carbons (Fsp3) is 0.938. The van der Waals surface area contributed by atoms with E-state index < -0.39 is 0 Å². The minimum absolute atomic E-state index is 0.506. The van der Waals surface area contributed by atoms with Crippen molar-refractivity contribution in [3.63, 3.8) is 0 Å². The Bertz CT molecular complexity index is 188. The lowest BCUT2D eigenvalue weighted by Gasteiger charge is -2.25. The number of nitrogens with one attached hydrogen (secondary N) is 1. The lowest BCUT2D eigenvalue weighted by atomic mass is 9.80. The molecule has 0 heterocycles. The SMILES string of the molecule is CCC(C)CCC(C)CC(CC)C(C=N)CC. The molecule has 1 N–H and O–H groups in total. The first-order valence-electron chi connectivity index (χ1n) is 7.59. The molecule has 0 amide bonds. The Morgan fingerprint density at radius 1 is 0.882 bits per heavy atom. The fourth-order valence-electron chi connectivity index (χ4n) is 2.64. The molecule has 0 aromatic carbocycles. The van der Waals surface area contributed by atoms with Crippen molar-refractivity contribution in [3.8, 4) is 0 Å². The molecule has 4 unspecified atom stereocenters. The van der Waals surface area contributed by atoms with Crippen LogP contribution in [0, 0.1) is 29.1 Å². The molecule has 0 aliphatic carbocycles. The summed E-state index contributed by atoms with van der Waals surface area (Å²) in [7, 11) is 0. The summed E-state index contributed by atoms with van der Waals surface area (Å²) >= 11 is 0. The summed E-state index contributed by atoms with van der Waals surface area (Å²) in [6.07, 6.45) is 9.37. The van der Waals surface area contributed by atoms with Gasteiger partial charge in [-0.05, 0) is 42.7 Å².